The molecule has 0 bridgehead atoms. The maximum atomic E-state index is 12.1. The number of thiazole rings is 1. The number of pyridine rings is 1. The van der Waals surface area contributed by atoms with Crippen LogP contribution in [0.1, 0.15) is 11.4 Å². The highest BCUT2D eigenvalue weighted by Gasteiger charge is 2.09. The third-order valence-electron chi connectivity index (χ3n) is 3.59. The molecule has 0 aliphatic rings. The number of aromatic nitrogens is 4. The molecule has 4 aromatic rings. The van der Waals surface area contributed by atoms with Crippen molar-refractivity contribution in [2.24, 2.45) is 0 Å². The van der Waals surface area contributed by atoms with Gasteiger partial charge >= 0.3 is 0 Å². The van der Waals surface area contributed by atoms with Gasteiger partial charge < -0.3 is 14.3 Å². The predicted molar refractivity (Wildman–Crippen MR) is 92.2 cm³/mol. The lowest BCUT2D eigenvalue weighted by atomic mass is 10.3. The summed E-state index contributed by atoms with van der Waals surface area (Å²) >= 11 is 1.52. The van der Waals surface area contributed by atoms with Crippen molar-refractivity contribution in [1.29, 1.82) is 0 Å². The van der Waals surface area contributed by atoms with E-state index in [0.717, 1.165) is 22.2 Å². The number of hydrogen-bond donors (Lipinski definition) is 1. The fourth-order valence-electron chi connectivity index (χ4n) is 2.45. The molecular formula is C17H15N5OS. The van der Waals surface area contributed by atoms with Gasteiger partial charge in [-0.3, -0.25) is 4.79 Å². The van der Waals surface area contributed by atoms with Crippen LogP contribution in [0.4, 0.5) is 0 Å². The van der Waals surface area contributed by atoms with Crippen LogP contribution in [0.5, 0.6) is 0 Å². The van der Waals surface area contributed by atoms with E-state index in [4.69, 9.17) is 0 Å². The molecule has 0 radical (unpaired) electrons. The van der Waals surface area contributed by atoms with Crippen molar-refractivity contribution in [3.63, 3.8) is 0 Å². The molecule has 0 saturated heterocycles. The number of carbonyl (C=O) groups is 1. The zero-order valence-corrected chi connectivity index (χ0v) is 13.6. The molecule has 1 N–H and O–H groups in total. The van der Waals surface area contributed by atoms with Crippen LogP contribution in [0.3, 0.4) is 0 Å². The van der Waals surface area contributed by atoms with Gasteiger partial charge in [-0.1, -0.05) is 6.07 Å². The zero-order chi connectivity index (χ0) is 16.4. The zero-order valence-electron chi connectivity index (χ0n) is 12.8. The second kappa shape index (κ2) is 6.29. The van der Waals surface area contributed by atoms with Crippen LogP contribution >= 0.6 is 11.3 Å². The molecule has 24 heavy (non-hydrogen) atoms. The minimum Gasteiger partial charge on any atom is -0.350 e. The summed E-state index contributed by atoms with van der Waals surface area (Å²) < 4.78 is 3.87. The van der Waals surface area contributed by atoms with Crippen LogP contribution in [0.2, 0.25) is 0 Å². The highest BCUT2D eigenvalue weighted by Crippen LogP contribution is 2.15. The van der Waals surface area contributed by atoms with Crippen LogP contribution in [0, 0.1) is 0 Å². The molecule has 0 fully saturated rings. The number of imidazole rings is 1. The summed E-state index contributed by atoms with van der Waals surface area (Å²) in [5.41, 5.74) is 2.48. The maximum Gasteiger partial charge on any atom is 0.226 e. The number of fused-ring (bicyclic) bond motifs is 1. The summed E-state index contributed by atoms with van der Waals surface area (Å²) in [5, 5.41) is 5.68. The van der Waals surface area contributed by atoms with Gasteiger partial charge in [0.25, 0.3) is 0 Å². The molecule has 7 heteroatoms. The van der Waals surface area contributed by atoms with Gasteiger partial charge in [0.05, 0.1) is 24.4 Å². The highest BCUT2D eigenvalue weighted by atomic mass is 32.1. The number of nitrogens with zero attached hydrogens (tertiary/aromatic N) is 4. The number of amides is 1. The van der Waals surface area contributed by atoms with Gasteiger partial charge in [0, 0.05) is 30.2 Å². The van der Waals surface area contributed by atoms with Gasteiger partial charge in [0.15, 0.2) is 5.13 Å². The predicted octanol–water partition coefficient (Wildman–Crippen LogP) is 2.44. The minimum atomic E-state index is -0.0589. The molecule has 4 aromatic heterocycles. The Morgan fingerprint density at radius 3 is 2.75 bits per heavy atom. The Hall–Kier alpha value is -2.93. The van der Waals surface area contributed by atoms with Crippen LogP contribution in [-0.2, 0) is 17.8 Å². The second-order valence-corrected chi connectivity index (χ2v) is 6.20. The van der Waals surface area contributed by atoms with E-state index in [-0.39, 0.29) is 12.3 Å². The Labute approximate surface area is 142 Å². The van der Waals surface area contributed by atoms with E-state index in [1.165, 1.54) is 11.3 Å². The molecule has 120 valence electrons. The summed E-state index contributed by atoms with van der Waals surface area (Å²) in [4.78, 5) is 21.1. The molecule has 0 aromatic carbocycles. The number of carbonyl (C=O) groups excluding carboxylic acids is 1. The lowest BCUT2D eigenvalue weighted by Crippen LogP contribution is -2.24. The molecule has 4 rings (SSSR count). The Balaban J connectivity index is 1.36. The molecule has 6 nitrogen and oxygen atoms in total. The van der Waals surface area contributed by atoms with Gasteiger partial charge in [-0.15, -0.1) is 11.3 Å². The second-order valence-electron chi connectivity index (χ2n) is 5.36. The first kappa shape index (κ1) is 14.6. The fourth-order valence-corrected chi connectivity index (χ4v) is 3.24. The highest BCUT2D eigenvalue weighted by molar-refractivity contribution is 7.12. The fraction of sp³-hybridized carbons (Fsp3) is 0.118. The van der Waals surface area contributed by atoms with Crippen LogP contribution < -0.4 is 5.32 Å². The SMILES string of the molecule is O=C(Cc1csc(-n2cccc2)n1)NCc1cn2ccccc2n1. The molecular weight excluding hydrogens is 322 g/mol. The first-order chi connectivity index (χ1) is 11.8. The van der Waals surface area contributed by atoms with E-state index < -0.39 is 0 Å². The smallest absolute Gasteiger partial charge is 0.226 e. The van der Waals surface area contributed by atoms with E-state index in [2.05, 4.69) is 15.3 Å². The van der Waals surface area contributed by atoms with Gasteiger partial charge in [0.2, 0.25) is 5.91 Å². The molecule has 0 saturated carbocycles. The maximum absolute atomic E-state index is 12.1. The van der Waals surface area contributed by atoms with Crippen molar-refractivity contribution < 1.29 is 4.79 Å². The number of nitrogens with one attached hydrogen (secondary N) is 1. The minimum absolute atomic E-state index is 0.0589. The Morgan fingerprint density at radius 1 is 1.08 bits per heavy atom. The Kier molecular flexibility index (Phi) is 3.84. The lowest BCUT2D eigenvalue weighted by molar-refractivity contribution is -0.120. The molecule has 1 amide bonds. The monoisotopic (exact) mass is 337 g/mol. The van der Waals surface area contributed by atoms with Crippen molar-refractivity contribution in [3.05, 3.63) is 71.9 Å². The first-order valence-electron chi connectivity index (χ1n) is 7.55. The van der Waals surface area contributed by atoms with E-state index in [1.54, 1.807) is 0 Å². The topological polar surface area (TPSA) is 64.2 Å². The average Bonchev–Trinajstić information content (AvgIpc) is 3.32. The molecule has 0 spiro atoms. The standard InChI is InChI=1S/C17H15N5OS/c23-16(9-13-12-24-17(20-13)21-6-3-4-7-21)18-10-14-11-22-8-2-1-5-15(22)19-14/h1-8,11-12H,9-10H2,(H,18,23). The van der Waals surface area contributed by atoms with Gasteiger partial charge in [-0.25, -0.2) is 9.97 Å². The van der Waals surface area contributed by atoms with E-state index >= 15 is 0 Å². The van der Waals surface area contributed by atoms with E-state index in [1.807, 2.05) is 69.5 Å². The van der Waals surface area contributed by atoms with Crippen LogP contribution in [0.15, 0.2) is 60.5 Å². The van der Waals surface area contributed by atoms with Gasteiger partial charge in [-0.2, -0.15) is 0 Å². The quantitative estimate of drug-likeness (QED) is 0.608. The molecule has 4 heterocycles. The van der Waals surface area contributed by atoms with E-state index in [0.29, 0.717) is 6.54 Å². The van der Waals surface area contributed by atoms with Gasteiger partial charge in [-0.05, 0) is 24.3 Å². The summed E-state index contributed by atoms with van der Waals surface area (Å²) in [5.74, 6) is -0.0589. The number of hydrogen-bond acceptors (Lipinski definition) is 4. The average molecular weight is 337 g/mol. The third kappa shape index (κ3) is 3.07. The molecule has 0 aliphatic carbocycles. The summed E-state index contributed by atoms with van der Waals surface area (Å²) in [6.45, 7) is 0.412. The lowest BCUT2D eigenvalue weighted by Gasteiger charge is -2.01. The van der Waals surface area contributed by atoms with Gasteiger partial charge in [0.1, 0.15) is 5.65 Å². The van der Waals surface area contributed by atoms with Crippen LogP contribution in [-0.4, -0.2) is 24.8 Å². The summed E-state index contributed by atoms with van der Waals surface area (Å²) in [7, 11) is 0. The van der Waals surface area contributed by atoms with Crippen molar-refractivity contribution >= 4 is 22.9 Å². The summed E-state index contributed by atoms with van der Waals surface area (Å²) in [6.07, 6.45) is 8.00. The van der Waals surface area contributed by atoms with Crippen molar-refractivity contribution in [2.75, 3.05) is 0 Å². The van der Waals surface area contributed by atoms with E-state index in [9.17, 15) is 4.79 Å². The molecule has 0 unspecified atom stereocenters. The Morgan fingerprint density at radius 2 is 1.92 bits per heavy atom. The normalized spacial score (nSPS) is 11.0. The molecule has 0 aliphatic heterocycles. The third-order valence-corrected chi connectivity index (χ3v) is 4.49. The summed E-state index contributed by atoms with van der Waals surface area (Å²) in [6, 6.07) is 9.71. The largest absolute Gasteiger partial charge is 0.350 e. The Bertz CT molecular complexity index is 937. The van der Waals surface area contributed by atoms with Crippen molar-refractivity contribution in [3.8, 4) is 5.13 Å². The molecule has 0 atom stereocenters. The van der Waals surface area contributed by atoms with Crippen molar-refractivity contribution in [2.45, 2.75) is 13.0 Å². The van der Waals surface area contributed by atoms with Crippen molar-refractivity contribution in [1.82, 2.24) is 24.3 Å². The number of rotatable bonds is 5. The van der Waals surface area contributed by atoms with Crippen LogP contribution in [0.25, 0.3) is 10.8 Å². The first-order valence-corrected chi connectivity index (χ1v) is 8.43.